The van der Waals surface area contributed by atoms with Gasteiger partial charge in [0.15, 0.2) is 6.04 Å². The summed E-state index contributed by atoms with van der Waals surface area (Å²) in [6.07, 6.45) is 6.15. The molecule has 0 saturated carbocycles. The van der Waals surface area contributed by atoms with Crippen molar-refractivity contribution in [2.75, 3.05) is 13.1 Å². The van der Waals surface area contributed by atoms with Crippen LogP contribution in [-0.2, 0) is 4.79 Å². The molecule has 0 unspecified atom stereocenters. The van der Waals surface area contributed by atoms with Crippen LogP contribution in [0.3, 0.4) is 0 Å². The van der Waals surface area contributed by atoms with Crippen molar-refractivity contribution in [2.45, 2.75) is 71.4 Å². The van der Waals surface area contributed by atoms with Gasteiger partial charge in [-0.1, -0.05) is 6.42 Å². The maximum Gasteiger partial charge on any atom is 0.322 e. The van der Waals surface area contributed by atoms with Gasteiger partial charge in [0.1, 0.15) is 0 Å². The zero-order chi connectivity index (χ0) is 15.2. The van der Waals surface area contributed by atoms with Crippen LogP contribution in [0, 0.1) is 0 Å². The Morgan fingerprint density at radius 1 is 1.00 bits per heavy atom. The topological polar surface area (TPSA) is 62.6 Å². The predicted octanol–water partition coefficient (Wildman–Crippen LogP) is 0.848. The predicted molar refractivity (Wildman–Crippen MR) is 79.7 cm³/mol. The van der Waals surface area contributed by atoms with Gasteiger partial charge in [-0.2, -0.15) is 0 Å². The van der Waals surface area contributed by atoms with Crippen molar-refractivity contribution in [3.05, 3.63) is 0 Å². The fourth-order valence-corrected chi connectivity index (χ4v) is 2.57. The van der Waals surface area contributed by atoms with Gasteiger partial charge < -0.3 is 10.2 Å². The van der Waals surface area contributed by atoms with E-state index in [-0.39, 0.29) is 17.5 Å². The number of imide groups is 1. The van der Waals surface area contributed by atoms with Gasteiger partial charge in [-0.15, -0.1) is 0 Å². The number of hydrogen-bond acceptors (Lipinski definition) is 2. The highest BCUT2D eigenvalue weighted by molar-refractivity contribution is 5.96. The Balaban J connectivity index is 2.46. The van der Waals surface area contributed by atoms with E-state index in [1.807, 2.05) is 27.7 Å². The quantitative estimate of drug-likeness (QED) is 0.704. The van der Waals surface area contributed by atoms with Crippen LogP contribution in [0.1, 0.15) is 59.8 Å². The summed E-state index contributed by atoms with van der Waals surface area (Å²) < 4.78 is 0. The second-order valence-corrected chi connectivity index (χ2v) is 6.84. The molecular formula is C15H30N3O2+. The van der Waals surface area contributed by atoms with Crippen LogP contribution in [0.15, 0.2) is 0 Å². The van der Waals surface area contributed by atoms with Crippen LogP contribution in [-0.4, -0.2) is 36.6 Å². The van der Waals surface area contributed by atoms with Gasteiger partial charge in [0.25, 0.3) is 5.91 Å². The highest BCUT2D eigenvalue weighted by Gasteiger charge is 2.27. The summed E-state index contributed by atoms with van der Waals surface area (Å²) in [6.45, 7) is 9.64. The fraction of sp³-hybridized carbons (Fsp3) is 0.867. The maximum absolute atomic E-state index is 12.1. The van der Waals surface area contributed by atoms with Crippen molar-refractivity contribution in [1.29, 1.82) is 0 Å². The molecule has 0 radical (unpaired) electrons. The van der Waals surface area contributed by atoms with Gasteiger partial charge in [-0.05, 0) is 53.4 Å². The third-order valence-corrected chi connectivity index (χ3v) is 3.73. The van der Waals surface area contributed by atoms with E-state index in [0.717, 1.165) is 13.1 Å². The molecule has 116 valence electrons. The van der Waals surface area contributed by atoms with E-state index in [4.69, 9.17) is 0 Å². The zero-order valence-corrected chi connectivity index (χ0v) is 13.3. The summed E-state index contributed by atoms with van der Waals surface area (Å²) in [5.41, 5.74) is -0.332. The van der Waals surface area contributed by atoms with E-state index < -0.39 is 6.03 Å². The summed E-state index contributed by atoms with van der Waals surface area (Å²) in [6, 6.07) is -0.570. The van der Waals surface area contributed by atoms with Crippen LogP contribution >= 0.6 is 0 Å². The smallest absolute Gasteiger partial charge is 0.322 e. The molecule has 1 rings (SSSR count). The first kappa shape index (κ1) is 17.0. The summed E-state index contributed by atoms with van der Waals surface area (Å²) in [7, 11) is 0. The molecule has 1 heterocycles. The molecule has 0 bridgehead atoms. The lowest BCUT2D eigenvalue weighted by Crippen LogP contribution is -3.16. The van der Waals surface area contributed by atoms with E-state index in [2.05, 4.69) is 10.6 Å². The van der Waals surface area contributed by atoms with Crippen molar-refractivity contribution in [1.82, 2.24) is 10.6 Å². The minimum absolute atomic E-state index is 0.168. The van der Waals surface area contributed by atoms with Crippen LogP contribution in [0.5, 0.6) is 0 Å². The summed E-state index contributed by atoms with van der Waals surface area (Å²) in [5, 5.41) is 5.21. The van der Waals surface area contributed by atoms with Crippen LogP contribution in [0.4, 0.5) is 4.79 Å². The molecule has 0 aliphatic carbocycles. The van der Waals surface area contributed by atoms with Gasteiger partial charge in [-0.3, -0.25) is 10.1 Å². The van der Waals surface area contributed by atoms with Crippen molar-refractivity contribution in [2.24, 2.45) is 0 Å². The average molecular weight is 284 g/mol. The largest absolute Gasteiger partial charge is 0.333 e. The zero-order valence-electron chi connectivity index (χ0n) is 13.3. The number of nitrogens with one attached hydrogen (secondary N) is 3. The minimum atomic E-state index is -0.402. The van der Waals surface area contributed by atoms with Crippen molar-refractivity contribution >= 4 is 11.9 Å². The number of amides is 3. The third-order valence-electron chi connectivity index (χ3n) is 3.73. The number of hydrogen-bond donors (Lipinski definition) is 3. The molecule has 0 aromatic carbocycles. The van der Waals surface area contributed by atoms with Gasteiger partial charge in [0.2, 0.25) is 0 Å². The van der Waals surface area contributed by atoms with Gasteiger partial charge in [0.05, 0.1) is 13.1 Å². The first-order valence-electron chi connectivity index (χ1n) is 7.77. The second-order valence-electron chi connectivity index (χ2n) is 6.84. The van der Waals surface area contributed by atoms with Crippen LogP contribution in [0.25, 0.3) is 0 Å². The fourth-order valence-electron chi connectivity index (χ4n) is 2.57. The number of quaternary nitrogens is 1. The monoisotopic (exact) mass is 284 g/mol. The summed E-state index contributed by atoms with van der Waals surface area (Å²) in [4.78, 5) is 25.2. The average Bonchev–Trinajstić information content (AvgIpc) is 2.24. The SMILES string of the molecule is C[C@@H](C(=O)NC(=O)NC(C)(C)C)[NH+]1CCCCCCC1. The lowest BCUT2D eigenvalue weighted by molar-refractivity contribution is -0.915. The lowest BCUT2D eigenvalue weighted by Gasteiger charge is -2.27. The van der Waals surface area contributed by atoms with E-state index in [1.54, 1.807) is 0 Å². The van der Waals surface area contributed by atoms with Gasteiger partial charge >= 0.3 is 6.03 Å². The number of rotatable bonds is 2. The molecule has 1 fully saturated rings. The molecule has 3 N–H and O–H groups in total. The Bertz CT molecular complexity index is 329. The third kappa shape index (κ3) is 6.37. The second kappa shape index (κ2) is 7.62. The van der Waals surface area contributed by atoms with Crippen LogP contribution < -0.4 is 15.5 Å². The van der Waals surface area contributed by atoms with E-state index in [1.165, 1.54) is 37.0 Å². The summed E-state index contributed by atoms with van der Waals surface area (Å²) in [5.74, 6) is -0.178. The Kier molecular flexibility index (Phi) is 6.46. The van der Waals surface area contributed by atoms with Crippen LogP contribution in [0.2, 0.25) is 0 Å². The molecule has 1 aliphatic heterocycles. The Morgan fingerprint density at radius 2 is 1.50 bits per heavy atom. The van der Waals surface area contributed by atoms with Crippen molar-refractivity contribution in [3.8, 4) is 0 Å². The molecule has 1 saturated heterocycles. The first-order valence-corrected chi connectivity index (χ1v) is 7.77. The molecular weight excluding hydrogens is 254 g/mol. The first-order chi connectivity index (χ1) is 9.29. The Labute approximate surface area is 122 Å². The normalized spacial score (nSPS) is 19.6. The molecule has 20 heavy (non-hydrogen) atoms. The standard InChI is InChI=1S/C15H29N3O2/c1-12(18-10-8-6-5-7-9-11-18)13(19)16-14(20)17-15(2,3)4/h12H,5-11H2,1-4H3,(H2,16,17,19,20)/p+1/t12-/m0/s1. The molecule has 0 spiro atoms. The maximum atomic E-state index is 12.1. The Morgan fingerprint density at radius 3 is 2.00 bits per heavy atom. The number of carbonyl (C=O) groups is 2. The molecule has 0 aromatic heterocycles. The lowest BCUT2D eigenvalue weighted by atomic mass is 10.1. The van der Waals surface area contributed by atoms with Crippen molar-refractivity contribution in [3.63, 3.8) is 0 Å². The molecule has 5 heteroatoms. The minimum Gasteiger partial charge on any atom is -0.333 e. The number of likely N-dealkylation sites (tertiary alicyclic amines) is 1. The molecule has 3 amide bonds. The Hall–Kier alpha value is -1.10. The molecule has 5 nitrogen and oxygen atoms in total. The highest BCUT2D eigenvalue weighted by atomic mass is 16.2. The van der Waals surface area contributed by atoms with E-state index in [0.29, 0.717) is 0 Å². The van der Waals surface area contributed by atoms with Gasteiger partial charge in [0, 0.05) is 5.54 Å². The van der Waals surface area contributed by atoms with E-state index in [9.17, 15) is 9.59 Å². The van der Waals surface area contributed by atoms with E-state index >= 15 is 0 Å². The number of carbonyl (C=O) groups excluding carboxylic acids is 2. The molecule has 0 aromatic rings. The summed E-state index contributed by atoms with van der Waals surface area (Å²) >= 11 is 0. The highest BCUT2D eigenvalue weighted by Crippen LogP contribution is 2.03. The molecule has 1 aliphatic rings. The van der Waals surface area contributed by atoms with Crippen molar-refractivity contribution < 1.29 is 14.5 Å². The van der Waals surface area contributed by atoms with Gasteiger partial charge in [-0.25, -0.2) is 4.79 Å². The molecule has 1 atom stereocenters. The number of urea groups is 1.